The summed E-state index contributed by atoms with van der Waals surface area (Å²) in [6.07, 6.45) is -3.66. The van der Waals surface area contributed by atoms with Crippen LogP contribution in [0, 0.1) is 5.92 Å². The Kier molecular flexibility index (Phi) is 5.42. The van der Waals surface area contributed by atoms with E-state index in [1.807, 2.05) is 20.8 Å². The van der Waals surface area contributed by atoms with E-state index in [-0.39, 0.29) is 17.6 Å². The van der Waals surface area contributed by atoms with Crippen molar-refractivity contribution in [1.29, 1.82) is 0 Å². The van der Waals surface area contributed by atoms with E-state index >= 15 is 0 Å². The largest absolute Gasteiger partial charge is 0.416 e. The second kappa shape index (κ2) is 6.63. The monoisotopic (exact) mass is 288 g/mol. The number of carbonyl (C=O) groups excluding carboxylic acids is 1. The molecule has 1 atom stereocenters. The van der Waals surface area contributed by atoms with E-state index in [0.29, 0.717) is 0 Å². The summed E-state index contributed by atoms with van der Waals surface area (Å²) in [5.41, 5.74) is -0.665. The Morgan fingerprint density at radius 2 is 1.95 bits per heavy atom. The van der Waals surface area contributed by atoms with Crippen molar-refractivity contribution in [3.05, 3.63) is 29.8 Å². The number of benzene rings is 1. The molecule has 0 saturated heterocycles. The lowest BCUT2D eigenvalue weighted by Gasteiger charge is -2.21. The molecule has 6 heteroatoms. The second-order valence-electron chi connectivity index (χ2n) is 4.94. The highest BCUT2D eigenvalue weighted by Gasteiger charge is 2.30. The van der Waals surface area contributed by atoms with Gasteiger partial charge >= 0.3 is 12.2 Å². The van der Waals surface area contributed by atoms with Gasteiger partial charge in [0.05, 0.1) is 5.56 Å². The molecule has 0 heterocycles. The predicted octanol–water partition coefficient (Wildman–Crippen LogP) is 4.26. The summed E-state index contributed by atoms with van der Waals surface area (Å²) in [6.45, 7) is 5.88. The van der Waals surface area contributed by atoms with Gasteiger partial charge in [0.2, 0.25) is 0 Å². The molecule has 0 unspecified atom stereocenters. The normalized spacial score (nSPS) is 13.2. The lowest BCUT2D eigenvalue weighted by molar-refractivity contribution is -0.137. The van der Waals surface area contributed by atoms with Gasteiger partial charge in [-0.3, -0.25) is 0 Å². The van der Waals surface area contributed by atoms with Crippen molar-refractivity contribution in [2.24, 2.45) is 5.92 Å². The van der Waals surface area contributed by atoms with Gasteiger partial charge in [0.15, 0.2) is 0 Å². The van der Waals surface area contributed by atoms with Gasteiger partial charge in [-0.2, -0.15) is 13.2 Å². The van der Waals surface area contributed by atoms with Crippen LogP contribution in [0.3, 0.4) is 0 Å². The van der Waals surface area contributed by atoms with Gasteiger partial charge in [0.25, 0.3) is 0 Å². The first-order valence-electron chi connectivity index (χ1n) is 6.48. The average Bonchev–Trinajstić information content (AvgIpc) is 2.34. The molecule has 1 rings (SSSR count). The fourth-order valence-corrected chi connectivity index (χ4v) is 1.85. The molecule has 20 heavy (non-hydrogen) atoms. The summed E-state index contributed by atoms with van der Waals surface area (Å²) in [7, 11) is 0. The maximum absolute atomic E-state index is 12.5. The number of alkyl halides is 3. The molecule has 1 aromatic rings. The van der Waals surface area contributed by atoms with Gasteiger partial charge in [-0.1, -0.05) is 26.8 Å². The summed E-state index contributed by atoms with van der Waals surface area (Å²) < 4.78 is 37.6. The van der Waals surface area contributed by atoms with Crippen LogP contribution in [0.2, 0.25) is 0 Å². The molecule has 0 aromatic heterocycles. The molecule has 2 N–H and O–H groups in total. The molecule has 1 aromatic carbocycles. The summed E-state index contributed by atoms with van der Waals surface area (Å²) in [5.74, 6) is 0.257. The minimum atomic E-state index is -4.42. The van der Waals surface area contributed by atoms with Gasteiger partial charge in [-0.15, -0.1) is 0 Å². The highest BCUT2D eigenvalue weighted by atomic mass is 19.4. The van der Waals surface area contributed by atoms with E-state index in [0.717, 1.165) is 18.6 Å². The SMILES string of the molecule is CC[C@@H](NC(=O)Nc1cccc(C(F)(F)F)c1)C(C)C. The van der Waals surface area contributed by atoms with Crippen LogP contribution in [0.25, 0.3) is 0 Å². The number of anilines is 1. The van der Waals surface area contributed by atoms with E-state index in [1.54, 1.807) is 0 Å². The predicted molar refractivity (Wildman–Crippen MR) is 72.5 cm³/mol. The van der Waals surface area contributed by atoms with E-state index < -0.39 is 17.8 Å². The topological polar surface area (TPSA) is 41.1 Å². The maximum atomic E-state index is 12.5. The first-order chi connectivity index (χ1) is 9.24. The Labute approximate surface area is 116 Å². The van der Waals surface area contributed by atoms with Crippen molar-refractivity contribution in [3.63, 3.8) is 0 Å². The molecule has 0 aliphatic heterocycles. The molecule has 0 aliphatic rings. The molecule has 0 radical (unpaired) electrons. The molecule has 2 amide bonds. The molecule has 0 bridgehead atoms. The third kappa shape index (κ3) is 4.75. The van der Waals surface area contributed by atoms with E-state index in [2.05, 4.69) is 10.6 Å². The van der Waals surface area contributed by atoms with Crippen LogP contribution in [0.5, 0.6) is 0 Å². The zero-order chi connectivity index (χ0) is 15.3. The van der Waals surface area contributed by atoms with Gasteiger partial charge in [-0.05, 0) is 30.5 Å². The highest BCUT2D eigenvalue weighted by Crippen LogP contribution is 2.30. The Hall–Kier alpha value is -1.72. The lowest BCUT2D eigenvalue weighted by Crippen LogP contribution is -2.40. The number of amides is 2. The number of halogens is 3. The second-order valence-corrected chi connectivity index (χ2v) is 4.94. The fraction of sp³-hybridized carbons (Fsp3) is 0.500. The molecule has 3 nitrogen and oxygen atoms in total. The fourth-order valence-electron chi connectivity index (χ4n) is 1.85. The van der Waals surface area contributed by atoms with Crippen LogP contribution in [-0.2, 0) is 6.18 Å². The number of hydrogen-bond donors (Lipinski definition) is 2. The quantitative estimate of drug-likeness (QED) is 0.854. The summed E-state index contributed by atoms with van der Waals surface area (Å²) in [5, 5.41) is 5.17. The van der Waals surface area contributed by atoms with Crippen molar-refractivity contribution in [2.45, 2.75) is 39.4 Å². The van der Waals surface area contributed by atoms with Crippen LogP contribution >= 0.6 is 0 Å². The molecule has 0 aliphatic carbocycles. The maximum Gasteiger partial charge on any atom is 0.416 e. The minimum Gasteiger partial charge on any atom is -0.335 e. The first kappa shape index (κ1) is 16.3. The van der Waals surface area contributed by atoms with E-state index in [1.165, 1.54) is 12.1 Å². The molecular weight excluding hydrogens is 269 g/mol. The van der Waals surface area contributed by atoms with Crippen LogP contribution < -0.4 is 10.6 Å². The molecular formula is C14H19F3N2O. The van der Waals surface area contributed by atoms with Crippen LogP contribution in [0.4, 0.5) is 23.7 Å². The summed E-state index contributed by atoms with van der Waals surface area (Å²) in [6, 6.07) is 4.05. The Morgan fingerprint density at radius 3 is 2.45 bits per heavy atom. The molecule has 0 spiro atoms. The Morgan fingerprint density at radius 1 is 1.30 bits per heavy atom. The third-order valence-corrected chi connectivity index (χ3v) is 3.01. The van der Waals surface area contributed by atoms with Gasteiger partial charge < -0.3 is 10.6 Å². The minimum absolute atomic E-state index is 0.0131. The van der Waals surface area contributed by atoms with Gasteiger partial charge in [0, 0.05) is 11.7 Å². The first-order valence-corrected chi connectivity index (χ1v) is 6.48. The zero-order valence-corrected chi connectivity index (χ0v) is 11.7. The van der Waals surface area contributed by atoms with Gasteiger partial charge in [-0.25, -0.2) is 4.79 Å². The van der Waals surface area contributed by atoms with Crippen molar-refractivity contribution in [3.8, 4) is 0 Å². The Balaban J connectivity index is 2.71. The van der Waals surface area contributed by atoms with E-state index in [9.17, 15) is 18.0 Å². The lowest BCUT2D eigenvalue weighted by atomic mass is 10.0. The number of carbonyl (C=O) groups is 1. The zero-order valence-electron chi connectivity index (χ0n) is 11.7. The summed E-state index contributed by atoms with van der Waals surface area (Å²) >= 11 is 0. The van der Waals surface area contributed by atoms with Crippen molar-refractivity contribution in [2.75, 3.05) is 5.32 Å². The smallest absolute Gasteiger partial charge is 0.335 e. The number of urea groups is 1. The highest BCUT2D eigenvalue weighted by molar-refractivity contribution is 5.89. The molecule has 0 fully saturated rings. The standard InChI is InChI=1S/C14H19F3N2O/c1-4-12(9(2)3)19-13(20)18-11-7-5-6-10(8-11)14(15,16)17/h5-9,12H,4H2,1-3H3,(H2,18,19,20)/t12-/m1/s1. The third-order valence-electron chi connectivity index (χ3n) is 3.01. The Bertz CT molecular complexity index is 458. The number of rotatable bonds is 4. The van der Waals surface area contributed by atoms with Crippen molar-refractivity contribution >= 4 is 11.7 Å². The van der Waals surface area contributed by atoms with Crippen molar-refractivity contribution in [1.82, 2.24) is 5.32 Å². The van der Waals surface area contributed by atoms with Crippen LogP contribution in [0.1, 0.15) is 32.8 Å². The average molecular weight is 288 g/mol. The summed E-state index contributed by atoms with van der Waals surface area (Å²) in [4.78, 5) is 11.7. The van der Waals surface area contributed by atoms with Crippen LogP contribution in [-0.4, -0.2) is 12.1 Å². The molecule has 112 valence electrons. The number of hydrogen-bond acceptors (Lipinski definition) is 1. The van der Waals surface area contributed by atoms with Gasteiger partial charge in [0.1, 0.15) is 0 Å². The van der Waals surface area contributed by atoms with Crippen molar-refractivity contribution < 1.29 is 18.0 Å². The molecule has 0 saturated carbocycles. The van der Waals surface area contributed by atoms with E-state index in [4.69, 9.17) is 0 Å². The number of nitrogens with one attached hydrogen (secondary N) is 2. The van der Waals surface area contributed by atoms with Crippen LogP contribution in [0.15, 0.2) is 24.3 Å².